The summed E-state index contributed by atoms with van der Waals surface area (Å²) in [6.45, 7) is 2.12. The van der Waals surface area contributed by atoms with Gasteiger partial charge in [-0.05, 0) is 25.7 Å². The van der Waals surface area contributed by atoms with E-state index in [4.69, 9.17) is 17.3 Å². The Morgan fingerprint density at radius 1 is 1.57 bits per heavy atom. The molecule has 0 spiro atoms. The number of anilines is 1. The van der Waals surface area contributed by atoms with Crippen LogP contribution in [0.4, 0.5) is 5.82 Å². The minimum Gasteiger partial charge on any atom is -0.381 e. The number of halogens is 1. The molecule has 0 amide bonds. The molecular formula is C10H10ClN3. The molecule has 1 aromatic rings. The Hall–Kier alpha value is -1.27. The van der Waals surface area contributed by atoms with Crippen LogP contribution in [0.25, 0.3) is 0 Å². The van der Waals surface area contributed by atoms with E-state index in [2.05, 4.69) is 28.7 Å². The van der Waals surface area contributed by atoms with Gasteiger partial charge >= 0.3 is 0 Å². The smallest absolute Gasteiger partial charge is 0.159 e. The highest BCUT2D eigenvalue weighted by Crippen LogP contribution is 2.44. The lowest BCUT2D eigenvalue weighted by Gasteiger charge is -1.97. The molecule has 2 N–H and O–H groups in total. The second-order valence-corrected chi connectivity index (χ2v) is 4.12. The third kappa shape index (κ3) is 1.97. The predicted molar refractivity (Wildman–Crippen MR) is 55.7 cm³/mol. The maximum atomic E-state index is 5.62. The SMILES string of the molecule is CC1(C#Cc2ncc(Cl)nc2N)CC1. The standard InChI is InChI=1S/C10H10ClN3/c1-10(4-5-10)3-2-7-9(12)14-8(11)6-13-7/h6H,4-5H2,1H3,(H2,12,14). The lowest BCUT2D eigenvalue weighted by molar-refractivity contribution is 0.782. The zero-order valence-electron chi connectivity index (χ0n) is 7.84. The van der Waals surface area contributed by atoms with Gasteiger partial charge in [0.25, 0.3) is 0 Å². The quantitative estimate of drug-likeness (QED) is 0.661. The van der Waals surface area contributed by atoms with E-state index in [-0.39, 0.29) is 5.41 Å². The van der Waals surface area contributed by atoms with Crippen LogP contribution in [0.3, 0.4) is 0 Å². The van der Waals surface area contributed by atoms with Gasteiger partial charge < -0.3 is 5.73 Å². The van der Waals surface area contributed by atoms with E-state index in [1.54, 1.807) is 0 Å². The number of rotatable bonds is 0. The third-order valence-electron chi connectivity index (χ3n) is 2.25. The average molecular weight is 208 g/mol. The van der Waals surface area contributed by atoms with Crippen LogP contribution in [0, 0.1) is 17.3 Å². The Morgan fingerprint density at radius 3 is 2.86 bits per heavy atom. The molecule has 72 valence electrons. The molecule has 4 heteroatoms. The maximum Gasteiger partial charge on any atom is 0.159 e. The van der Waals surface area contributed by atoms with Gasteiger partial charge in [0.15, 0.2) is 11.5 Å². The number of nitrogen functional groups attached to an aromatic ring is 1. The van der Waals surface area contributed by atoms with Crippen molar-refractivity contribution in [2.24, 2.45) is 5.41 Å². The molecule has 0 atom stereocenters. The zero-order chi connectivity index (χ0) is 10.2. The van der Waals surface area contributed by atoms with Crippen molar-refractivity contribution in [3.05, 3.63) is 17.0 Å². The van der Waals surface area contributed by atoms with Crippen LogP contribution >= 0.6 is 11.6 Å². The van der Waals surface area contributed by atoms with Crippen LogP contribution in [0.15, 0.2) is 6.20 Å². The van der Waals surface area contributed by atoms with Crippen LogP contribution in [-0.4, -0.2) is 9.97 Å². The van der Waals surface area contributed by atoms with Crippen molar-refractivity contribution in [3.8, 4) is 11.8 Å². The summed E-state index contributed by atoms with van der Waals surface area (Å²) in [4.78, 5) is 7.89. The van der Waals surface area contributed by atoms with Crippen molar-refractivity contribution in [2.45, 2.75) is 19.8 Å². The van der Waals surface area contributed by atoms with E-state index < -0.39 is 0 Å². The Kier molecular flexibility index (Phi) is 2.09. The molecule has 0 aromatic carbocycles. The second-order valence-electron chi connectivity index (χ2n) is 3.74. The number of aromatic nitrogens is 2. The summed E-state index contributed by atoms with van der Waals surface area (Å²) in [5.41, 5.74) is 6.30. The van der Waals surface area contributed by atoms with Crippen molar-refractivity contribution in [1.29, 1.82) is 0 Å². The molecule has 14 heavy (non-hydrogen) atoms. The van der Waals surface area contributed by atoms with Crippen LogP contribution in [0.2, 0.25) is 5.15 Å². The first-order chi connectivity index (χ1) is 6.59. The van der Waals surface area contributed by atoms with Crippen molar-refractivity contribution in [3.63, 3.8) is 0 Å². The molecule has 0 unspecified atom stereocenters. The highest BCUT2D eigenvalue weighted by molar-refractivity contribution is 6.29. The third-order valence-corrected chi connectivity index (χ3v) is 2.43. The fraction of sp³-hybridized carbons (Fsp3) is 0.400. The Morgan fingerprint density at radius 2 is 2.29 bits per heavy atom. The molecule has 3 nitrogen and oxygen atoms in total. The van der Waals surface area contributed by atoms with Gasteiger partial charge in [-0.3, -0.25) is 0 Å². The first-order valence-electron chi connectivity index (χ1n) is 4.40. The Bertz CT molecular complexity index is 427. The molecule has 2 rings (SSSR count). The van der Waals surface area contributed by atoms with Gasteiger partial charge in [-0.1, -0.05) is 17.5 Å². The molecule has 1 aromatic heterocycles. The monoisotopic (exact) mass is 207 g/mol. The normalized spacial score (nSPS) is 17.0. The summed E-state index contributed by atoms with van der Waals surface area (Å²) in [7, 11) is 0. The molecule has 0 aliphatic heterocycles. The lowest BCUT2D eigenvalue weighted by atomic mass is 10.1. The first kappa shape index (κ1) is 9.29. The molecule has 0 saturated heterocycles. The van der Waals surface area contributed by atoms with E-state index in [0.717, 1.165) is 12.8 Å². The molecule has 1 aliphatic rings. The fourth-order valence-electron chi connectivity index (χ4n) is 1.000. The molecule has 1 aliphatic carbocycles. The maximum absolute atomic E-state index is 5.62. The summed E-state index contributed by atoms with van der Waals surface area (Å²) in [5, 5.41) is 0.297. The van der Waals surface area contributed by atoms with Crippen molar-refractivity contribution < 1.29 is 0 Å². The minimum absolute atomic E-state index is 0.174. The highest BCUT2D eigenvalue weighted by atomic mass is 35.5. The summed E-state index contributed by atoms with van der Waals surface area (Å²) < 4.78 is 0. The van der Waals surface area contributed by atoms with Gasteiger partial charge in [0, 0.05) is 5.41 Å². The molecule has 1 heterocycles. The van der Waals surface area contributed by atoms with Crippen LogP contribution < -0.4 is 5.73 Å². The van der Waals surface area contributed by atoms with E-state index in [1.807, 2.05) is 0 Å². The van der Waals surface area contributed by atoms with Crippen LogP contribution in [-0.2, 0) is 0 Å². The molecule has 0 bridgehead atoms. The number of hydrogen-bond acceptors (Lipinski definition) is 3. The lowest BCUT2D eigenvalue weighted by Crippen LogP contribution is -1.98. The second kappa shape index (κ2) is 3.14. The molecule has 1 saturated carbocycles. The molecule has 1 fully saturated rings. The zero-order valence-corrected chi connectivity index (χ0v) is 8.60. The average Bonchev–Trinajstić information content (AvgIpc) is 2.83. The van der Waals surface area contributed by atoms with Gasteiger partial charge in [-0.2, -0.15) is 0 Å². The number of nitrogens with two attached hydrogens (primary N) is 1. The summed E-state index contributed by atoms with van der Waals surface area (Å²) in [6, 6.07) is 0. The predicted octanol–water partition coefficient (Wildman–Crippen LogP) is 1.86. The summed E-state index contributed by atoms with van der Waals surface area (Å²) in [6.07, 6.45) is 3.76. The molecule has 0 radical (unpaired) electrons. The largest absolute Gasteiger partial charge is 0.381 e. The van der Waals surface area contributed by atoms with Crippen molar-refractivity contribution >= 4 is 17.4 Å². The fourth-order valence-corrected chi connectivity index (χ4v) is 1.14. The van der Waals surface area contributed by atoms with Crippen LogP contribution in [0.5, 0.6) is 0 Å². The number of hydrogen-bond donors (Lipinski definition) is 1. The highest BCUT2D eigenvalue weighted by Gasteiger charge is 2.35. The van der Waals surface area contributed by atoms with E-state index >= 15 is 0 Å². The van der Waals surface area contributed by atoms with Gasteiger partial charge in [-0.25, -0.2) is 9.97 Å². The topological polar surface area (TPSA) is 51.8 Å². The first-order valence-corrected chi connectivity index (χ1v) is 4.78. The Labute approximate surface area is 87.7 Å². The van der Waals surface area contributed by atoms with Crippen LogP contribution in [0.1, 0.15) is 25.5 Å². The molecular weight excluding hydrogens is 198 g/mol. The van der Waals surface area contributed by atoms with Gasteiger partial charge in [0.1, 0.15) is 5.15 Å². The van der Waals surface area contributed by atoms with Crippen molar-refractivity contribution in [2.75, 3.05) is 5.73 Å². The summed E-state index contributed by atoms with van der Waals surface area (Å²) in [5.74, 6) is 6.37. The van der Waals surface area contributed by atoms with Gasteiger partial charge in [0.2, 0.25) is 0 Å². The Balaban J connectivity index is 2.27. The van der Waals surface area contributed by atoms with E-state index in [0.29, 0.717) is 16.7 Å². The summed E-state index contributed by atoms with van der Waals surface area (Å²) >= 11 is 5.62. The van der Waals surface area contributed by atoms with E-state index in [9.17, 15) is 0 Å². The van der Waals surface area contributed by atoms with Gasteiger partial charge in [-0.15, -0.1) is 0 Å². The van der Waals surface area contributed by atoms with Gasteiger partial charge in [0.05, 0.1) is 6.20 Å². The number of nitrogens with zero attached hydrogens (tertiary/aromatic N) is 2. The van der Waals surface area contributed by atoms with Crippen molar-refractivity contribution in [1.82, 2.24) is 9.97 Å². The van der Waals surface area contributed by atoms with E-state index in [1.165, 1.54) is 6.20 Å². The minimum atomic E-state index is 0.174.